The second kappa shape index (κ2) is 20.7. The lowest BCUT2D eigenvalue weighted by Gasteiger charge is -2.53. The number of rotatable bonds is 12. The Morgan fingerprint density at radius 1 is 0.981 bits per heavy atom. The Bertz CT molecular complexity index is 1610. The standard InChI is InChI=1S/C45H60BN4O3/c1-8-16-37-31-36(35-18-14-20-38(46-7)21-15-19-35)24-28-50(41(37)17-9-2)44(52)34(11-4)22-23-39(12-5)48-43(51)40(13-6)42(47-27-10-3)49-32-45(33-49)25-29-53-30-26-45/h8-13,16-17,22-23,27,31,35,38H,1-2,4-5,14-15,18-21,24-26,28-30,32-33H2,3,6-7H3,(H,48,51)/b27-10-,34-22+,37-16-,39-23+,40-13+,41-17+,47-42-. The fourth-order valence-corrected chi connectivity index (χ4v) is 7.98. The van der Waals surface area contributed by atoms with Crippen LogP contribution in [-0.2, 0) is 14.3 Å². The molecule has 2 saturated heterocycles. The molecule has 3 fully saturated rings. The first-order chi connectivity index (χ1) is 25.8. The molecule has 2 amide bonds. The zero-order chi connectivity index (χ0) is 38.2. The van der Waals surface area contributed by atoms with Crippen LogP contribution in [0.4, 0.5) is 0 Å². The zero-order valence-electron chi connectivity index (χ0n) is 32.5. The maximum atomic E-state index is 14.3. The third-order valence-electron chi connectivity index (χ3n) is 11.0. The maximum Gasteiger partial charge on any atom is 0.259 e. The van der Waals surface area contributed by atoms with Gasteiger partial charge in [0, 0.05) is 55.7 Å². The minimum absolute atomic E-state index is 0.183. The summed E-state index contributed by atoms with van der Waals surface area (Å²) in [5.74, 6) is 1.37. The lowest BCUT2D eigenvalue weighted by molar-refractivity contribution is -0.124. The van der Waals surface area contributed by atoms with E-state index in [9.17, 15) is 9.59 Å². The van der Waals surface area contributed by atoms with Gasteiger partial charge in [0.2, 0.25) is 0 Å². The summed E-state index contributed by atoms with van der Waals surface area (Å²) in [6, 6.07) is 0. The van der Waals surface area contributed by atoms with Crippen LogP contribution in [0.3, 0.4) is 0 Å². The Morgan fingerprint density at radius 2 is 1.68 bits per heavy atom. The highest BCUT2D eigenvalue weighted by molar-refractivity contribution is 6.35. The zero-order valence-corrected chi connectivity index (χ0v) is 32.5. The Labute approximate surface area is 320 Å². The monoisotopic (exact) mass is 715 g/mol. The van der Waals surface area contributed by atoms with Crippen LogP contribution in [0.2, 0.25) is 12.6 Å². The summed E-state index contributed by atoms with van der Waals surface area (Å²) >= 11 is 0. The molecule has 3 aliphatic heterocycles. The van der Waals surface area contributed by atoms with Gasteiger partial charge in [-0.25, -0.2) is 4.99 Å². The van der Waals surface area contributed by atoms with E-state index < -0.39 is 0 Å². The number of hydrogen-bond donors (Lipinski definition) is 1. The van der Waals surface area contributed by atoms with Gasteiger partial charge in [-0.05, 0) is 81.7 Å². The van der Waals surface area contributed by atoms with Crippen LogP contribution >= 0.6 is 0 Å². The number of amides is 2. The van der Waals surface area contributed by atoms with E-state index in [2.05, 4.69) is 61.7 Å². The number of allylic oxidation sites excluding steroid dienone is 10. The van der Waals surface area contributed by atoms with Crippen molar-refractivity contribution in [3.63, 3.8) is 0 Å². The summed E-state index contributed by atoms with van der Waals surface area (Å²) in [5.41, 5.74) is 4.66. The topological polar surface area (TPSA) is 74.2 Å². The van der Waals surface area contributed by atoms with E-state index in [0.717, 1.165) is 69.7 Å². The molecule has 3 heterocycles. The highest BCUT2D eigenvalue weighted by atomic mass is 16.5. The van der Waals surface area contributed by atoms with E-state index in [1.54, 1.807) is 48.7 Å². The van der Waals surface area contributed by atoms with Crippen molar-refractivity contribution in [2.24, 2.45) is 16.3 Å². The van der Waals surface area contributed by atoms with Gasteiger partial charge in [0.15, 0.2) is 0 Å². The van der Waals surface area contributed by atoms with Crippen molar-refractivity contribution in [3.05, 3.63) is 133 Å². The molecule has 0 aromatic rings. The van der Waals surface area contributed by atoms with Crippen molar-refractivity contribution < 1.29 is 14.3 Å². The van der Waals surface area contributed by atoms with Gasteiger partial charge >= 0.3 is 0 Å². The number of likely N-dealkylation sites (tertiary alicyclic amines) is 1. The summed E-state index contributed by atoms with van der Waals surface area (Å²) in [5, 5.41) is 2.99. The first kappa shape index (κ1) is 41.3. The molecule has 281 valence electrons. The number of ether oxygens (including phenoxy) is 1. The fourth-order valence-electron chi connectivity index (χ4n) is 7.98. The number of nitrogens with zero attached hydrogens (tertiary/aromatic N) is 3. The molecule has 1 spiro atoms. The molecule has 8 heteroatoms. The molecule has 1 saturated carbocycles. The number of aliphatic imine (C=N–C) groups is 1. The van der Waals surface area contributed by atoms with Gasteiger partial charge < -0.3 is 19.9 Å². The molecule has 7 nitrogen and oxygen atoms in total. The van der Waals surface area contributed by atoms with Gasteiger partial charge in [-0.15, -0.1) is 0 Å². The molecular formula is C45H60BN4O3. The molecule has 0 unspecified atom stereocenters. The maximum absolute atomic E-state index is 14.3. The number of carbonyl (C=O) groups is 2. The highest BCUT2D eigenvalue weighted by Crippen LogP contribution is 2.41. The van der Waals surface area contributed by atoms with Crippen LogP contribution in [0.5, 0.6) is 0 Å². The Morgan fingerprint density at radius 3 is 2.26 bits per heavy atom. The molecule has 1 aliphatic carbocycles. The quantitative estimate of drug-likeness (QED) is 0.0720. The molecule has 0 atom stereocenters. The summed E-state index contributed by atoms with van der Waals surface area (Å²) in [4.78, 5) is 36.8. The SMILES string of the molecule is C=C/C=C1/C=C(C2CCCC([B]C)CCC2)CCN(C(=O)/C(C=C)=C/C=C(\C=C)NC(=O)C(=C/C)/C(=N/C=C\C)N2CC3(CCOCC3)C2)/C1=C/C=C. The second-order valence-corrected chi connectivity index (χ2v) is 14.4. The highest BCUT2D eigenvalue weighted by Gasteiger charge is 2.46. The number of amidine groups is 1. The van der Waals surface area contributed by atoms with E-state index in [0.29, 0.717) is 41.0 Å². The smallest absolute Gasteiger partial charge is 0.259 e. The molecule has 0 bridgehead atoms. The summed E-state index contributed by atoms with van der Waals surface area (Å²) in [6.07, 6.45) is 31.6. The van der Waals surface area contributed by atoms with E-state index >= 15 is 0 Å². The van der Waals surface area contributed by atoms with Gasteiger partial charge in [0.05, 0.1) is 11.3 Å². The van der Waals surface area contributed by atoms with Crippen LogP contribution in [0.25, 0.3) is 0 Å². The predicted molar refractivity (Wildman–Crippen MR) is 222 cm³/mol. The van der Waals surface area contributed by atoms with Crippen molar-refractivity contribution in [2.75, 3.05) is 32.8 Å². The lowest BCUT2D eigenvalue weighted by atomic mass is 9.61. The summed E-state index contributed by atoms with van der Waals surface area (Å²) in [7, 11) is 2.37. The van der Waals surface area contributed by atoms with Gasteiger partial charge in [0.25, 0.3) is 11.8 Å². The minimum atomic E-state index is -0.297. The molecule has 53 heavy (non-hydrogen) atoms. The minimum Gasteiger partial charge on any atom is -0.381 e. The van der Waals surface area contributed by atoms with Gasteiger partial charge in [-0.2, -0.15) is 0 Å². The molecule has 4 aliphatic rings. The van der Waals surface area contributed by atoms with Crippen molar-refractivity contribution in [2.45, 2.75) is 84.3 Å². The van der Waals surface area contributed by atoms with Crippen molar-refractivity contribution in [3.8, 4) is 0 Å². The Balaban J connectivity index is 1.54. The molecule has 1 N–H and O–H groups in total. The van der Waals surface area contributed by atoms with Crippen molar-refractivity contribution in [1.82, 2.24) is 15.1 Å². The molecular weight excluding hydrogens is 655 g/mol. The fraction of sp³-hybridized carbons (Fsp3) is 0.444. The molecule has 0 aromatic heterocycles. The van der Waals surface area contributed by atoms with Crippen LogP contribution in [0.15, 0.2) is 138 Å². The van der Waals surface area contributed by atoms with Gasteiger partial charge in [0.1, 0.15) is 13.1 Å². The van der Waals surface area contributed by atoms with Crippen LogP contribution in [-0.4, -0.2) is 67.6 Å². The largest absolute Gasteiger partial charge is 0.381 e. The average molecular weight is 716 g/mol. The third-order valence-corrected chi connectivity index (χ3v) is 11.0. The van der Waals surface area contributed by atoms with Crippen LogP contribution < -0.4 is 5.32 Å². The molecule has 0 aromatic carbocycles. The van der Waals surface area contributed by atoms with Gasteiger partial charge in [-0.3, -0.25) is 9.59 Å². The van der Waals surface area contributed by atoms with Gasteiger partial charge in [-0.1, -0.05) is 113 Å². The normalized spacial score (nSPS) is 24.8. The van der Waals surface area contributed by atoms with E-state index in [1.165, 1.54) is 31.3 Å². The van der Waals surface area contributed by atoms with E-state index in [4.69, 9.17) is 4.74 Å². The lowest BCUT2D eigenvalue weighted by Crippen LogP contribution is -2.61. The Kier molecular flexibility index (Phi) is 16.2. The van der Waals surface area contributed by atoms with Crippen molar-refractivity contribution in [1.29, 1.82) is 0 Å². The van der Waals surface area contributed by atoms with Crippen LogP contribution in [0, 0.1) is 11.3 Å². The summed E-state index contributed by atoms with van der Waals surface area (Å²) < 4.78 is 5.60. The second-order valence-electron chi connectivity index (χ2n) is 14.4. The number of nitrogens with one attached hydrogen (secondary N) is 1. The van der Waals surface area contributed by atoms with E-state index in [1.807, 2.05) is 37.0 Å². The average Bonchev–Trinajstić information content (AvgIpc) is 3.31. The number of carbonyl (C=O) groups excluding carboxylic acids is 2. The first-order valence-corrected chi connectivity index (χ1v) is 19.4. The van der Waals surface area contributed by atoms with Crippen molar-refractivity contribution >= 4 is 24.9 Å². The Hall–Kier alpha value is -4.43. The molecule has 4 rings (SSSR count). The summed E-state index contributed by atoms with van der Waals surface area (Å²) in [6.45, 7) is 25.6. The first-order valence-electron chi connectivity index (χ1n) is 19.4. The predicted octanol–water partition coefficient (Wildman–Crippen LogP) is 9.13. The third kappa shape index (κ3) is 10.8. The van der Waals surface area contributed by atoms with E-state index in [-0.39, 0.29) is 17.2 Å². The van der Waals surface area contributed by atoms with Crippen LogP contribution in [0.1, 0.15) is 71.6 Å². The molecule has 1 radical (unpaired) electrons. The number of hydrogen-bond acceptors (Lipinski definition) is 4.